The van der Waals surface area contributed by atoms with Gasteiger partial charge in [0.25, 0.3) is 5.69 Å². The van der Waals surface area contributed by atoms with Crippen LogP contribution in [0.5, 0.6) is 17.2 Å². The minimum absolute atomic E-state index is 0.0101. The molecule has 9 nitrogen and oxygen atoms in total. The Morgan fingerprint density at radius 3 is 2.72 bits per heavy atom. The SMILES string of the molecule is CCCOc1cccc(C2C(C#N)=C(N)Oc3cc(OC(=O)c4cc([N+](=O)[O-])ccc4Cl)ccc32)c1. The number of nitriles is 1. The number of nitrogens with two attached hydrogens (primary N) is 1. The number of allylic oxidation sites excluding steroid dienone is 1. The van der Waals surface area contributed by atoms with E-state index in [0.29, 0.717) is 23.7 Å². The number of nitrogens with zero attached hydrogens (tertiary/aromatic N) is 2. The molecule has 0 aromatic heterocycles. The molecule has 0 saturated carbocycles. The van der Waals surface area contributed by atoms with Crippen LogP contribution in [0.3, 0.4) is 0 Å². The van der Waals surface area contributed by atoms with Crippen LogP contribution in [0.4, 0.5) is 5.69 Å². The van der Waals surface area contributed by atoms with Crippen LogP contribution in [0.15, 0.2) is 72.1 Å². The highest BCUT2D eigenvalue weighted by Gasteiger charge is 2.31. The van der Waals surface area contributed by atoms with Crippen LogP contribution in [-0.2, 0) is 0 Å². The first kappa shape index (κ1) is 24.6. The van der Waals surface area contributed by atoms with Crippen LogP contribution >= 0.6 is 11.6 Å². The number of nitro groups is 1. The second-order valence-corrected chi connectivity index (χ2v) is 8.26. The van der Waals surface area contributed by atoms with Crippen molar-refractivity contribution < 1.29 is 23.9 Å². The highest BCUT2D eigenvalue weighted by atomic mass is 35.5. The van der Waals surface area contributed by atoms with Crippen LogP contribution in [-0.4, -0.2) is 17.5 Å². The van der Waals surface area contributed by atoms with E-state index in [1.807, 2.05) is 31.2 Å². The number of ether oxygens (including phenoxy) is 3. The summed E-state index contributed by atoms with van der Waals surface area (Å²) < 4.78 is 16.8. The second kappa shape index (κ2) is 10.4. The number of hydrogen-bond acceptors (Lipinski definition) is 8. The van der Waals surface area contributed by atoms with Crippen LogP contribution in [0.2, 0.25) is 5.02 Å². The van der Waals surface area contributed by atoms with Gasteiger partial charge in [-0.3, -0.25) is 10.1 Å². The van der Waals surface area contributed by atoms with E-state index in [9.17, 15) is 20.2 Å². The number of halogens is 1. The Kier molecular flexibility index (Phi) is 7.08. The molecule has 3 aromatic carbocycles. The van der Waals surface area contributed by atoms with Crippen LogP contribution in [0.25, 0.3) is 0 Å². The van der Waals surface area contributed by atoms with Gasteiger partial charge in [0.05, 0.1) is 28.0 Å². The summed E-state index contributed by atoms with van der Waals surface area (Å²) in [6.07, 6.45) is 0.851. The molecule has 0 aliphatic carbocycles. The van der Waals surface area contributed by atoms with Gasteiger partial charge < -0.3 is 19.9 Å². The summed E-state index contributed by atoms with van der Waals surface area (Å²) in [6, 6.07) is 17.7. The average molecular weight is 506 g/mol. The number of non-ortho nitro benzene ring substituents is 1. The maximum absolute atomic E-state index is 12.7. The monoisotopic (exact) mass is 505 g/mol. The highest BCUT2D eigenvalue weighted by Crippen LogP contribution is 2.44. The Morgan fingerprint density at radius 1 is 1.19 bits per heavy atom. The van der Waals surface area contributed by atoms with E-state index in [2.05, 4.69) is 6.07 Å². The normalized spacial score (nSPS) is 14.3. The first-order chi connectivity index (χ1) is 17.3. The number of benzene rings is 3. The number of carbonyl (C=O) groups is 1. The molecule has 0 fully saturated rings. The molecule has 4 rings (SSSR count). The Balaban J connectivity index is 1.67. The number of nitro benzene ring substituents is 1. The zero-order valence-corrected chi connectivity index (χ0v) is 19.8. The van der Waals surface area contributed by atoms with E-state index in [-0.39, 0.29) is 33.5 Å². The molecule has 0 saturated heterocycles. The summed E-state index contributed by atoms with van der Waals surface area (Å²) in [4.78, 5) is 23.1. The fourth-order valence-corrected chi connectivity index (χ4v) is 3.99. The molecule has 3 aromatic rings. The summed E-state index contributed by atoms with van der Waals surface area (Å²) >= 11 is 6.05. The molecule has 1 atom stereocenters. The quantitative estimate of drug-likeness (QED) is 0.193. The van der Waals surface area contributed by atoms with Crippen molar-refractivity contribution >= 4 is 23.3 Å². The number of rotatable bonds is 7. The Hall–Kier alpha value is -4.55. The van der Waals surface area contributed by atoms with Crippen molar-refractivity contribution in [3.8, 4) is 23.3 Å². The molecule has 0 amide bonds. The lowest BCUT2D eigenvalue weighted by Gasteiger charge is -2.27. The molecule has 1 unspecified atom stereocenters. The Labute approximate surface area is 211 Å². The third kappa shape index (κ3) is 4.94. The third-order valence-corrected chi connectivity index (χ3v) is 5.78. The van der Waals surface area contributed by atoms with Gasteiger partial charge in [-0.1, -0.05) is 36.7 Å². The smallest absolute Gasteiger partial charge is 0.345 e. The minimum Gasteiger partial charge on any atom is -0.494 e. The van der Waals surface area contributed by atoms with Gasteiger partial charge in [-0.05, 0) is 36.2 Å². The molecule has 2 N–H and O–H groups in total. The molecule has 1 aliphatic rings. The summed E-state index contributed by atoms with van der Waals surface area (Å²) in [5.41, 5.74) is 7.28. The first-order valence-corrected chi connectivity index (χ1v) is 11.3. The summed E-state index contributed by atoms with van der Waals surface area (Å²) in [7, 11) is 0. The van der Waals surface area contributed by atoms with E-state index >= 15 is 0 Å². The number of carbonyl (C=O) groups excluding carboxylic acids is 1. The molecular weight excluding hydrogens is 486 g/mol. The third-order valence-electron chi connectivity index (χ3n) is 5.45. The van der Waals surface area contributed by atoms with Gasteiger partial charge in [-0.25, -0.2) is 4.79 Å². The highest BCUT2D eigenvalue weighted by molar-refractivity contribution is 6.33. The lowest BCUT2D eigenvalue weighted by Crippen LogP contribution is -2.21. The van der Waals surface area contributed by atoms with Gasteiger partial charge in [0.1, 0.15) is 28.9 Å². The zero-order chi connectivity index (χ0) is 25.8. The maximum Gasteiger partial charge on any atom is 0.345 e. The summed E-state index contributed by atoms with van der Waals surface area (Å²) in [5.74, 6) is -0.407. The molecule has 0 spiro atoms. The van der Waals surface area contributed by atoms with Crippen molar-refractivity contribution in [3.63, 3.8) is 0 Å². The Bertz CT molecular complexity index is 1430. The predicted molar refractivity (Wildman–Crippen MR) is 131 cm³/mol. The van der Waals surface area contributed by atoms with Crippen LogP contribution in [0, 0.1) is 21.4 Å². The van der Waals surface area contributed by atoms with Gasteiger partial charge >= 0.3 is 5.97 Å². The lowest BCUT2D eigenvalue weighted by atomic mass is 9.83. The van der Waals surface area contributed by atoms with E-state index in [0.717, 1.165) is 18.1 Å². The standard InChI is InChI=1S/C26H20ClN3O6/c1-2-10-34-17-5-3-4-15(11-17)24-19-8-7-18(13-23(19)36-25(29)21(24)14-28)35-26(31)20-12-16(30(32)33)6-9-22(20)27/h3-9,11-13,24H,2,10,29H2,1H3. The fraction of sp³-hybridized carbons (Fsp3) is 0.154. The van der Waals surface area contributed by atoms with E-state index in [1.165, 1.54) is 24.3 Å². The topological polar surface area (TPSA) is 138 Å². The van der Waals surface area contributed by atoms with Crippen molar-refractivity contribution in [2.75, 3.05) is 6.61 Å². The number of hydrogen-bond donors (Lipinski definition) is 1. The molecule has 36 heavy (non-hydrogen) atoms. The molecule has 1 aliphatic heterocycles. The van der Waals surface area contributed by atoms with Crippen molar-refractivity contribution in [2.24, 2.45) is 5.73 Å². The molecule has 0 radical (unpaired) electrons. The van der Waals surface area contributed by atoms with Crippen molar-refractivity contribution in [1.29, 1.82) is 5.26 Å². The van der Waals surface area contributed by atoms with Gasteiger partial charge in [0, 0.05) is 23.8 Å². The average Bonchev–Trinajstić information content (AvgIpc) is 2.86. The van der Waals surface area contributed by atoms with E-state index in [1.54, 1.807) is 6.07 Å². The van der Waals surface area contributed by atoms with Gasteiger partial charge in [0.15, 0.2) is 0 Å². The molecule has 10 heteroatoms. The van der Waals surface area contributed by atoms with Crippen LogP contribution < -0.4 is 19.9 Å². The lowest BCUT2D eigenvalue weighted by molar-refractivity contribution is -0.384. The number of esters is 1. The Morgan fingerprint density at radius 2 is 2.00 bits per heavy atom. The second-order valence-electron chi connectivity index (χ2n) is 7.86. The summed E-state index contributed by atoms with van der Waals surface area (Å²) in [5, 5.41) is 20.9. The molecule has 1 heterocycles. The van der Waals surface area contributed by atoms with Gasteiger partial charge in [-0.2, -0.15) is 5.26 Å². The molecule has 0 bridgehead atoms. The summed E-state index contributed by atoms with van der Waals surface area (Å²) in [6.45, 7) is 2.56. The van der Waals surface area contributed by atoms with Crippen LogP contribution in [0.1, 0.15) is 40.7 Å². The van der Waals surface area contributed by atoms with E-state index in [4.69, 9.17) is 31.5 Å². The largest absolute Gasteiger partial charge is 0.494 e. The van der Waals surface area contributed by atoms with Crippen molar-refractivity contribution in [3.05, 3.63) is 104 Å². The fourth-order valence-electron chi connectivity index (χ4n) is 3.79. The molecular formula is C26H20ClN3O6. The first-order valence-electron chi connectivity index (χ1n) is 10.9. The van der Waals surface area contributed by atoms with Gasteiger partial charge in [0.2, 0.25) is 5.88 Å². The minimum atomic E-state index is -0.877. The van der Waals surface area contributed by atoms with E-state index < -0.39 is 16.8 Å². The van der Waals surface area contributed by atoms with Gasteiger partial charge in [-0.15, -0.1) is 0 Å². The number of fused-ring (bicyclic) bond motifs is 1. The zero-order valence-electron chi connectivity index (χ0n) is 19.1. The maximum atomic E-state index is 12.7. The molecule has 182 valence electrons. The van der Waals surface area contributed by atoms with Crippen molar-refractivity contribution in [2.45, 2.75) is 19.3 Å². The van der Waals surface area contributed by atoms with Crippen molar-refractivity contribution in [1.82, 2.24) is 0 Å². The predicted octanol–water partition coefficient (Wildman–Crippen LogP) is 5.47.